The van der Waals surface area contributed by atoms with E-state index in [1.54, 1.807) is 18.4 Å². The predicted octanol–water partition coefficient (Wildman–Crippen LogP) is 4.76. The standard InChI is InChI=1S/C20H23N3O2S/c1-13-19(14(2)25-22-13)17-8-6-10-23(17)12-15-11-21-20(26-15)16-7-4-5-9-18(16)24-3/h4-5,7,9,11,17H,6,8,10,12H2,1-3H3/t17-/m0/s1. The summed E-state index contributed by atoms with van der Waals surface area (Å²) in [5.41, 5.74) is 3.32. The van der Waals surface area contributed by atoms with E-state index in [0.29, 0.717) is 6.04 Å². The van der Waals surface area contributed by atoms with Gasteiger partial charge in [-0.15, -0.1) is 11.3 Å². The van der Waals surface area contributed by atoms with E-state index >= 15 is 0 Å². The van der Waals surface area contributed by atoms with Crippen LogP contribution in [0, 0.1) is 13.8 Å². The van der Waals surface area contributed by atoms with Crippen LogP contribution in [-0.4, -0.2) is 28.7 Å². The van der Waals surface area contributed by atoms with Crippen LogP contribution in [0.2, 0.25) is 0 Å². The Morgan fingerprint density at radius 1 is 1.31 bits per heavy atom. The summed E-state index contributed by atoms with van der Waals surface area (Å²) in [7, 11) is 1.70. The molecule has 6 heteroatoms. The molecule has 3 heterocycles. The molecule has 0 bridgehead atoms. The van der Waals surface area contributed by atoms with Gasteiger partial charge in [-0.25, -0.2) is 4.98 Å². The second kappa shape index (κ2) is 7.21. The first-order valence-corrected chi connectivity index (χ1v) is 9.74. The lowest BCUT2D eigenvalue weighted by atomic mass is 10.0. The Hall–Kier alpha value is -2.18. The van der Waals surface area contributed by atoms with Gasteiger partial charge in [0.2, 0.25) is 0 Å². The molecule has 0 saturated carbocycles. The predicted molar refractivity (Wildman–Crippen MR) is 102 cm³/mol. The second-order valence-electron chi connectivity index (χ2n) is 6.70. The van der Waals surface area contributed by atoms with Crippen molar-refractivity contribution in [1.29, 1.82) is 0 Å². The van der Waals surface area contributed by atoms with Gasteiger partial charge in [0, 0.05) is 29.2 Å². The Bertz CT molecular complexity index is 883. The maximum atomic E-state index is 5.47. The van der Waals surface area contributed by atoms with E-state index in [1.807, 2.05) is 38.2 Å². The van der Waals surface area contributed by atoms with Gasteiger partial charge in [-0.2, -0.15) is 0 Å². The number of aryl methyl sites for hydroxylation is 2. The molecule has 136 valence electrons. The number of rotatable bonds is 5. The molecular formula is C20H23N3O2S. The van der Waals surface area contributed by atoms with Crippen molar-refractivity contribution < 1.29 is 9.26 Å². The highest BCUT2D eigenvalue weighted by Gasteiger charge is 2.31. The average Bonchev–Trinajstić information content (AvgIpc) is 3.37. The molecule has 5 nitrogen and oxygen atoms in total. The minimum absolute atomic E-state index is 0.387. The van der Waals surface area contributed by atoms with Crippen molar-refractivity contribution in [3.8, 4) is 16.3 Å². The van der Waals surface area contributed by atoms with Crippen LogP contribution in [0.5, 0.6) is 5.75 Å². The zero-order valence-electron chi connectivity index (χ0n) is 15.4. The Labute approximate surface area is 157 Å². The summed E-state index contributed by atoms with van der Waals surface area (Å²) in [6.45, 7) is 6.05. The number of likely N-dealkylation sites (tertiary alicyclic amines) is 1. The average molecular weight is 369 g/mol. The van der Waals surface area contributed by atoms with E-state index in [1.165, 1.54) is 16.9 Å². The first-order valence-electron chi connectivity index (χ1n) is 8.92. The summed E-state index contributed by atoms with van der Waals surface area (Å²) >= 11 is 1.74. The van der Waals surface area contributed by atoms with Crippen molar-refractivity contribution >= 4 is 11.3 Å². The van der Waals surface area contributed by atoms with Crippen LogP contribution in [0.25, 0.3) is 10.6 Å². The number of benzene rings is 1. The summed E-state index contributed by atoms with van der Waals surface area (Å²) in [5, 5.41) is 5.14. The van der Waals surface area contributed by atoms with Gasteiger partial charge in [0.05, 0.1) is 18.4 Å². The molecule has 0 aliphatic carbocycles. The third-order valence-corrected chi connectivity index (χ3v) is 6.05. The third-order valence-electron chi connectivity index (χ3n) is 5.04. The van der Waals surface area contributed by atoms with Gasteiger partial charge in [-0.3, -0.25) is 4.90 Å². The van der Waals surface area contributed by atoms with Crippen molar-refractivity contribution in [2.24, 2.45) is 0 Å². The summed E-state index contributed by atoms with van der Waals surface area (Å²) in [4.78, 5) is 8.43. The zero-order chi connectivity index (χ0) is 18.1. The molecule has 0 spiro atoms. The van der Waals surface area contributed by atoms with E-state index in [2.05, 4.69) is 21.1 Å². The monoisotopic (exact) mass is 369 g/mol. The van der Waals surface area contributed by atoms with Crippen molar-refractivity contribution in [2.75, 3.05) is 13.7 Å². The zero-order valence-corrected chi connectivity index (χ0v) is 16.2. The Morgan fingerprint density at radius 3 is 2.92 bits per heavy atom. The first kappa shape index (κ1) is 17.2. The van der Waals surface area contributed by atoms with Gasteiger partial charge in [0.15, 0.2) is 0 Å². The van der Waals surface area contributed by atoms with E-state index in [4.69, 9.17) is 9.26 Å². The number of hydrogen-bond donors (Lipinski definition) is 0. The SMILES string of the molecule is COc1ccccc1-c1ncc(CN2CCC[C@H]2c2c(C)noc2C)s1. The van der Waals surface area contributed by atoms with Gasteiger partial charge in [0.25, 0.3) is 0 Å². The number of para-hydroxylation sites is 1. The molecule has 0 N–H and O–H groups in total. The number of thiazole rings is 1. The fourth-order valence-corrected chi connectivity index (χ4v) is 4.80. The molecule has 1 atom stereocenters. The minimum Gasteiger partial charge on any atom is -0.496 e. The molecule has 0 radical (unpaired) electrons. The molecule has 4 rings (SSSR count). The molecule has 2 aromatic heterocycles. The molecular weight excluding hydrogens is 346 g/mol. The Balaban J connectivity index is 1.55. The van der Waals surface area contributed by atoms with Gasteiger partial charge < -0.3 is 9.26 Å². The number of aromatic nitrogens is 2. The molecule has 1 aliphatic heterocycles. The quantitative estimate of drug-likeness (QED) is 0.649. The molecule has 1 fully saturated rings. The van der Waals surface area contributed by atoms with Gasteiger partial charge >= 0.3 is 0 Å². The molecule has 1 aromatic carbocycles. The van der Waals surface area contributed by atoms with Crippen LogP contribution in [0.15, 0.2) is 35.0 Å². The van der Waals surface area contributed by atoms with E-state index < -0.39 is 0 Å². The fraction of sp³-hybridized carbons (Fsp3) is 0.400. The Kier molecular flexibility index (Phi) is 4.78. The van der Waals surface area contributed by atoms with Gasteiger partial charge in [-0.1, -0.05) is 17.3 Å². The summed E-state index contributed by atoms with van der Waals surface area (Å²) in [5.74, 6) is 1.81. The van der Waals surface area contributed by atoms with E-state index in [9.17, 15) is 0 Å². The Morgan fingerprint density at radius 2 is 2.15 bits per heavy atom. The normalized spacial score (nSPS) is 17.7. The molecule has 0 amide bonds. The molecule has 1 saturated heterocycles. The maximum absolute atomic E-state index is 5.47. The second-order valence-corrected chi connectivity index (χ2v) is 7.81. The lowest BCUT2D eigenvalue weighted by molar-refractivity contribution is 0.247. The molecule has 0 unspecified atom stereocenters. The highest BCUT2D eigenvalue weighted by molar-refractivity contribution is 7.15. The van der Waals surface area contributed by atoms with Crippen molar-refractivity contribution in [3.63, 3.8) is 0 Å². The number of nitrogens with zero attached hydrogens (tertiary/aromatic N) is 3. The number of methoxy groups -OCH3 is 1. The molecule has 26 heavy (non-hydrogen) atoms. The minimum atomic E-state index is 0.387. The topological polar surface area (TPSA) is 51.4 Å². The van der Waals surface area contributed by atoms with Crippen LogP contribution >= 0.6 is 11.3 Å². The molecule has 3 aromatic rings. The van der Waals surface area contributed by atoms with Gasteiger partial charge in [-0.05, 0) is 45.4 Å². The maximum Gasteiger partial charge on any atom is 0.138 e. The van der Waals surface area contributed by atoms with Crippen LogP contribution in [-0.2, 0) is 6.54 Å². The van der Waals surface area contributed by atoms with Crippen molar-refractivity contribution in [2.45, 2.75) is 39.3 Å². The van der Waals surface area contributed by atoms with Crippen molar-refractivity contribution in [1.82, 2.24) is 15.0 Å². The highest BCUT2D eigenvalue weighted by atomic mass is 32.1. The summed E-state index contributed by atoms with van der Waals surface area (Å²) < 4.78 is 10.9. The third kappa shape index (κ3) is 3.15. The highest BCUT2D eigenvalue weighted by Crippen LogP contribution is 2.38. The summed E-state index contributed by atoms with van der Waals surface area (Å²) in [6.07, 6.45) is 4.35. The fourth-order valence-electron chi connectivity index (χ4n) is 3.83. The van der Waals surface area contributed by atoms with E-state index in [0.717, 1.165) is 47.3 Å². The number of hydrogen-bond acceptors (Lipinski definition) is 6. The van der Waals surface area contributed by atoms with Crippen LogP contribution in [0.1, 0.15) is 40.8 Å². The molecule has 1 aliphatic rings. The first-order chi connectivity index (χ1) is 12.7. The summed E-state index contributed by atoms with van der Waals surface area (Å²) in [6, 6.07) is 8.43. The van der Waals surface area contributed by atoms with Crippen LogP contribution in [0.4, 0.5) is 0 Å². The number of ether oxygens (including phenoxy) is 1. The largest absolute Gasteiger partial charge is 0.496 e. The van der Waals surface area contributed by atoms with E-state index in [-0.39, 0.29) is 0 Å². The van der Waals surface area contributed by atoms with Crippen LogP contribution < -0.4 is 4.74 Å². The lowest BCUT2D eigenvalue weighted by Gasteiger charge is -2.23. The smallest absolute Gasteiger partial charge is 0.138 e. The van der Waals surface area contributed by atoms with Crippen molar-refractivity contribution in [3.05, 3.63) is 52.4 Å². The van der Waals surface area contributed by atoms with Crippen LogP contribution in [0.3, 0.4) is 0 Å². The lowest BCUT2D eigenvalue weighted by Crippen LogP contribution is -2.23. The van der Waals surface area contributed by atoms with Gasteiger partial charge in [0.1, 0.15) is 16.5 Å².